The van der Waals surface area contributed by atoms with Crippen LogP contribution in [-0.4, -0.2) is 34.0 Å². The van der Waals surface area contributed by atoms with Gasteiger partial charge in [0.1, 0.15) is 0 Å². The van der Waals surface area contributed by atoms with Crippen LogP contribution in [0.2, 0.25) is 4.47 Å². The quantitative estimate of drug-likeness (QED) is 0.442. The second-order valence-corrected chi connectivity index (χ2v) is 7.20. The first kappa shape index (κ1) is 13.1. The van der Waals surface area contributed by atoms with E-state index in [1.54, 1.807) is 0 Å². The van der Waals surface area contributed by atoms with E-state index in [-0.39, 0.29) is 26.9 Å². The molecule has 2 nitrogen and oxygen atoms in total. The van der Waals surface area contributed by atoms with E-state index < -0.39 is 0 Å². The predicted molar refractivity (Wildman–Crippen MR) is 63.0 cm³/mol. The summed E-state index contributed by atoms with van der Waals surface area (Å²) in [5.41, 5.74) is 1.03. The van der Waals surface area contributed by atoms with Gasteiger partial charge in [-0.1, -0.05) is 0 Å². The number of unbranched alkanes of at least 4 members (excludes halogenated alkanes) is 1. The van der Waals surface area contributed by atoms with Gasteiger partial charge in [-0.25, -0.2) is 0 Å². The third kappa shape index (κ3) is 4.17. The number of methoxy groups -OCH3 is 1. The summed E-state index contributed by atoms with van der Waals surface area (Å²) in [4.78, 5) is 11.6. The minimum atomic E-state index is -0.0855. The molecule has 0 aromatic carbocycles. The van der Waals surface area contributed by atoms with E-state index in [1.165, 1.54) is 34.5 Å². The Bertz CT molecular complexity index is 246. The average Bonchev–Trinajstić information content (AvgIpc) is 2.29. The Morgan fingerprint density at radius 3 is 2.80 bits per heavy atom. The van der Waals surface area contributed by atoms with Crippen molar-refractivity contribution in [2.75, 3.05) is 7.11 Å². The van der Waals surface area contributed by atoms with Gasteiger partial charge >= 0.3 is 103 Å². The van der Waals surface area contributed by atoms with Gasteiger partial charge in [0.15, 0.2) is 0 Å². The molecule has 1 aliphatic carbocycles. The third-order valence-corrected chi connectivity index (χ3v) is 6.31. The second kappa shape index (κ2) is 7.30. The summed E-state index contributed by atoms with van der Waals surface area (Å²) in [6.07, 6.45) is 7.14. The third-order valence-electron chi connectivity index (χ3n) is 2.62. The van der Waals surface area contributed by atoms with Crippen LogP contribution < -0.4 is 0 Å². The summed E-state index contributed by atoms with van der Waals surface area (Å²) in [5.74, 6) is -0.0636. The van der Waals surface area contributed by atoms with Gasteiger partial charge < -0.3 is 0 Å². The Balaban J connectivity index is 2.59. The molecular weight excluding hydrogens is 304 g/mol. The summed E-state index contributed by atoms with van der Waals surface area (Å²) in [7, 11) is 1.49. The van der Waals surface area contributed by atoms with Gasteiger partial charge in [0.25, 0.3) is 0 Å². The minimum absolute atomic E-state index is 0.0636. The van der Waals surface area contributed by atoms with Crippen LogP contribution in [0.3, 0.4) is 0 Å². The molecule has 0 spiro atoms. The molecule has 1 aliphatic rings. The molecule has 0 N–H and O–H groups in total. The van der Waals surface area contributed by atoms with Crippen molar-refractivity contribution < 1.29 is 9.53 Å². The fourth-order valence-electron chi connectivity index (χ4n) is 1.72. The molecule has 0 radical (unpaired) electrons. The molecule has 0 saturated heterocycles. The molecule has 0 heterocycles. The summed E-state index contributed by atoms with van der Waals surface area (Å²) in [5, 5.41) is 0. The summed E-state index contributed by atoms with van der Waals surface area (Å²) < 4.78 is 7.69. The maximum atomic E-state index is 11.6. The predicted octanol–water partition coefficient (Wildman–Crippen LogP) is 2.91. The van der Waals surface area contributed by atoms with Crippen molar-refractivity contribution in [3.63, 3.8) is 0 Å². The number of allylic oxidation sites excluding steroid dienone is 1. The van der Waals surface area contributed by atoms with Crippen molar-refractivity contribution in [1.82, 2.24) is 0 Å². The number of rotatable bonds is 5. The molecule has 0 aromatic heterocycles. The van der Waals surface area contributed by atoms with Crippen LogP contribution in [0.15, 0.2) is 9.19 Å². The van der Waals surface area contributed by atoms with E-state index in [0.29, 0.717) is 0 Å². The van der Waals surface area contributed by atoms with E-state index in [2.05, 4.69) is 6.92 Å². The summed E-state index contributed by atoms with van der Waals surface area (Å²) in [6.45, 7) is 2.23. The molecule has 0 unspecified atom stereocenters. The summed E-state index contributed by atoms with van der Waals surface area (Å²) >= 11 is -0.0855. The number of esters is 1. The molecule has 0 fully saturated rings. The van der Waals surface area contributed by atoms with Gasteiger partial charge in [0, 0.05) is 0 Å². The number of ether oxygens (including phenoxy) is 1. The van der Waals surface area contributed by atoms with Crippen molar-refractivity contribution >= 4 is 26.9 Å². The monoisotopic (exact) mass is 326 g/mol. The van der Waals surface area contributed by atoms with Crippen LogP contribution in [0.4, 0.5) is 0 Å². The van der Waals surface area contributed by atoms with Gasteiger partial charge in [-0.15, -0.1) is 0 Å². The number of carbonyl (C=O) groups excluding carboxylic acids is 1. The van der Waals surface area contributed by atoms with Crippen molar-refractivity contribution in [2.45, 2.75) is 49.9 Å². The normalized spacial score (nSPS) is 16.7. The van der Waals surface area contributed by atoms with Crippen LogP contribution in [-0.2, 0) is 9.53 Å². The van der Waals surface area contributed by atoms with E-state index in [1.807, 2.05) is 0 Å². The second-order valence-electron chi connectivity index (χ2n) is 3.80. The van der Waals surface area contributed by atoms with E-state index >= 15 is 0 Å². The van der Waals surface area contributed by atoms with Crippen molar-refractivity contribution in [2.24, 2.45) is 0 Å². The van der Waals surface area contributed by atoms with Crippen LogP contribution in [0.5, 0.6) is 0 Å². The molecule has 0 aromatic rings. The van der Waals surface area contributed by atoms with Gasteiger partial charge in [-0.2, -0.15) is 0 Å². The molecule has 15 heavy (non-hydrogen) atoms. The van der Waals surface area contributed by atoms with Crippen LogP contribution in [0, 0.1) is 0 Å². The van der Waals surface area contributed by atoms with Crippen LogP contribution in [0.1, 0.15) is 45.4 Å². The molecule has 0 atom stereocenters. The van der Waals surface area contributed by atoms with Gasteiger partial charge in [-0.3, -0.25) is 0 Å². The van der Waals surface area contributed by atoms with E-state index in [4.69, 9.17) is 4.74 Å². The van der Waals surface area contributed by atoms with Gasteiger partial charge in [0.05, 0.1) is 0 Å². The van der Waals surface area contributed by atoms with Crippen molar-refractivity contribution in [3.05, 3.63) is 9.19 Å². The SMILES string of the molecule is CCCC[Te]C1=C(C(=O)OC)CCCC1. The molecule has 0 bridgehead atoms. The van der Waals surface area contributed by atoms with Crippen LogP contribution >= 0.6 is 0 Å². The first-order valence-corrected chi connectivity index (χ1v) is 8.54. The fraction of sp³-hybridized carbons (Fsp3) is 0.750. The topological polar surface area (TPSA) is 26.3 Å². The zero-order chi connectivity index (χ0) is 11.1. The Hall–Kier alpha value is -0.000390. The molecule has 86 valence electrons. The van der Waals surface area contributed by atoms with Crippen LogP contribution in [0.25, 0.3) is 0 Å². The number of hydrogen-bond donors (Lipinski definition) is 0. The number of hydrogen-bond acceptors (Lipinski definition) is 2. The molecule has 1 rings (SSSR count). The first-order chi connectivity index (χ1) is 7.29. The zero-order valence-corrected chi connectivity index (χ0v) is 12.0. The molecule has 3 heteroatoms. The molecule has 0 amide bonds. The zero-order valence-electron chi connectivity index (χ0n) is 9.67. The first-order valence-electron chi connectivity index (χ1n) is 5.72. The Kier molecular flexibility index (Phi) is 6.36. The summed E-state index contributed by atoms with van der Waals surface area (Å²) in [6, 6.07) is 0. The molecule has 0 aliphatic heterocycles. The van der Waals surface area contributed by atoms with Gasteiger partial charge in [0.2, 0.25) is 0 Å². The Labute approximate surface area is 103 Å². The van der Waals surface area contributed by atoms with Crippen molar-refractivity contribution in [1.29, 1.82) is 0 Å². The van der Waals surface area contributed by atoms with Crippen molar-refractivity contribution in [3.8, 4) is 0 Å². The Morgan fingerprint density at radius 1 is 1.40 bits per heavy atom. The maximum absolute atomic E-state index is 11.6. The Morgan fingerprint density at radius 2 is 2.13 bits per heavy atom. The van der Waals surface area contributed by atoms with E-state index in [0.717, 1.165) is 24.8 Å². The van der Waals surface area contributed by atoms with Gasteiger partial charge in [-0.05, 0) is 0 Å². The molecule has 0 saturated carbocycles. The standard InChI is InChI=1S/C12H20O2Te/c1-3-4-9-15-11-8-6-5-7-10(11)12(13)14-2/h3-9H2,1-2H3. The fourth-order valence-corrected chi connectivity index (χ4v) is 5.51. The average molecular weight is 324 g/mol. The van der Waals surface area contributed by atoms with E-state index in [9.17, 15) is 4.79 Å². The number of carbonyl (C=O) groups is 1. The molecular formula is C12H20O2Te.